The van der Waals surface area contributed by atoms with Crippen molar-refractivity contribution >= 4 is 0 Å². The third-order valence-corrected chi connectivity index (χ3v) is 2.03. The van der Waals surface area contributed by atoms with Crippen LogP contribution in [0.4, 0.5) is 0 Å². The van der Waals surface area contributed by atoms with Crippen LogP contribution in [0.2, 0.25) is 0 Å². The summed E-state index contributed by atoms with van der Waals surface area (Å²) in [5, 5.41) is 0. The van der Waals surface area contributed by atoms with E-state index in [4.69, 9.17) is 0 Å². The number of hydrogen-bond acceptors (Lipinski definition) is 0. The van der Waals surface area contributed by atoms with Gasteiger partial charge in [-0.25, -0.2) is 0 Å². The van der Waals surface area contributed by atoms with Crippen LogP contribution in [0.1, 0.15) is 26.7 Å². The van der Waals surface area contributed by atoms with Gasteiger partial charge >= 0.3 is 0 Å². The monoisotopic (exact) mass is 130 g/mol. The lowest BCUT2D eigenvalue weighted by atomic mass is 10.1. The van der Waals surface area contributed by atoms with Crippen LogP contribution in [-0.4, -0.2) is 31.7 Å². The van der Waals surface area contributed by atoms with Crippen LogP contribution in [0.5, 0.6) is 0 Å². The molecular formula is C8H20N+. The summed E-state index contributed by atoms with van der Waals surface area (Å²) in [4.78, 5) is 0. The SMILES string of the molecule is CCCC(C)[N+](C)(C)C. The van der Waals surface area contributed by atoms with Crippen LogP contribution in [-0.2, 0) is 0 Å². The van der Waals surface area contributed by atoms with E-state index in [1.54, 1.807) is 0 Å². The second-order valence-electron chi connectivity index (χ2n) is 3.75. The summed E-state index contributed by atoms with van der Waals surface area (Å²) in [6.45, 7) is 4.55. The zero-order valence-corrected chi connectivity index (χ0v) is 7.44. The first-order chi connectivity index (χ1) is 3.98. The first kappa shape index (κ1) is 8.96. The topological polar surface area (TPSA) is 0 Å². The summed E-state index contributed by atoms with van der Waals surface area (Å²) in [7, 11) is 6.75. The van der Waals surface area contributed by atoms with E-state index in [0.717, 1.165) is 10.5 Å². The van der Waals surface area contributed by atoms with E-state index in [9.17, 15) is 0 Å². The number of nitrogens with zero attached hydrogens (tertiary/aromatic N) is 1. The highest BCUT2D eigenvalue weighted by Crippen LogP contribution is 2.07. The molecule has 0 aromatic heterocycles. The van der Waals surface area contributed by atoms with Crippen molar-refractivity contribution in [1.82, 2.24) is 0 Å². The van der Waals surface area contributed by atoms with Crippen molar-refractivity contribution in [2.75, 3.05) is 21.1 Å². The zero-order chi connectivity index (χ0) is 7.49. The lowest BCUT2D eigenvalue weighted by Crippen LogP contribution is -2.42. The Morgan fingerprint density at radius 1 is 1.22 bits per heavy atom. The Morgan fingerprint density at radius 3 is 1.78 bits per heavy atom. The van der Waals surface area contributed by atoms with Crippen molar-refractivity contribution < 1.29 is 4.48 Å². The van der Waals surface area contributed by atoms with Gasteiger partial charge in [0, 0.05) is 0 Å². The highest BCUT2D eigenvalue weighted by atomic mass is 15.3. The number of rotatable bonds is 3. The second-order valence-corrected chi connectivity index (χ2v) is 3.75. The van der Waals surface area contributed by atoms with Crippen LogP contribution in [0.25, 0.3) is 0 Å². The molecule has 1 heteroatoms. The highest BCUT2D eigenvalue weighted by Gasteiger charge is 2.15. The van der Waals surface area contributed by atoms with Crippen molar-refractivity contribution in [1.29, 1.82) is 0 Å². The van der Waals surface area contributed by atoms with E-state index in [-0.39, 0.29) is 0 Å². The first-order valence-electron chi connectivity index (χ1n) is 3.79. The van der Waals surface area contributed by atoms with Gasteiger partial charge in [0.1, 0.15) is 0 Å². The van der Waals surface area contributed by atoms with Crippen molar-refractivity contribution in [2.24, 2.45) is 0 Å². The zero-order valence-electron chi connectivity index (χ0n) is 7.44. The van der Waals surface area contributed by atoms with Gasteiger partial charge in [0.25, 0.3) is 0 Å². The smallest absolute Gasteiger partial charge is 0.0855 e. The lowest BCUT2D eigenvalue weighted by Gasteiger charge is -2.31. The van der Waals surface area contributed by atoms with Gasteiger partial charge in [-0.05, 0) is 13.3 Å². The average molecular weight is 130 g/mol. The molecule has 0 saturated heterocycles. The maximum absolute atomic E-state index is 2.31. The summed E-state index contributed by atoms with van der Waals surface area (Å²) in [6.07, 6.45) is 2.64. The highest BCUT2D eigenvalue weighted by molar-refractivity contribution is 4.46. The molecule has 0 aliphatic rings. The van der Waals surface area contributed by atoms with E-state index in [0.29, 0.717) is 0 Å². The molecule has 0 radical (unpaired) electrons. The fourth-order valence-corrected chi connectivity index (χ4v) is 0.805. The predicted octanol–water partition coefficient (Wildman–Crippen LogP) is 1.88. The number of quaternary nitrogens is 1. The van der Waals surface area contributed by atoms with E-state index >= 15 is 0 Å². The summed E-state index contributed by atoms with van der Waals surface area (Å²) in [6, 6.07) is 0.801. The molecule has 0 aromatic rings. The largest absolute Gasteiger partial charge is 0.329 e. The maximum Gasteiger partial charge on any atom is 0.0855 e. The third-order valence-electron chi connectivity index (χ3n) is 2.03. The van der Waals surface area contributed by atoms with Gasteiger partial charge in [-0.3, -0.25) is 0 Å². The Bertz CT molecular complexity index is 71.1. The third kappa shape index (κ3) is 3.52. The summed E-state index contributed by atoms with van der Waals surface area (Å²) >= 11 is 0. The Balaban J connectivity index is 3.59. The molecule has 0 N–H and O–H groups in total. The molecule has 0 spiro atoms. The molecule has 0 rings (SSSR count). The molecule has 0 aliphatic carbocycles. The molecule has 56 valence electrons. The van der Waals surface area contributed by atoms with E-state index in [1.807, 2.05) is 0 Å². The molecule has 0 fully saturated rings. The van der Waals surface area contributed by atoms with Crippen LogP contribution in [0.15, 0.2) is 0 Å². The van der Waals surface area contributed by atoms with Crippen LogP contribution in [0, 0.1) is 0 Å². The Hall–Kier alpha value is -0.0400. The van der Waals surface area contributed by atoms with Gasteiger partial charge in [0.15, 0.2) is 0 Å². The van der Waals surface area contributed by atoms with Crippen molar-refractivity contribution in [3.8, 4) is 0 Å². The maximum atomic E-state index is 2.31. The fraction of sp³-hybridized carbons (Fsp3) is 1.00. The van der Waals surface area contributed by atoms with Gasteiger partial charge in [-0.15, -0.1) is 0 Å². The molecule has 1 atom stereocenters. The van der Waals surface area contributed by atoms with E-state index in [1.165, 1.54) is 12.8 Å². The summed E-state index contributed by atoms with van der Waals surface area (Å²) < 4.78 is 1.09. The van der Waals surface area contributed by atoms with Gasteiger partial charge in [0.05, 0.1) is 27.2 Å². The van der Waals surface area contributed by atoms with Gasteiger partial charge in [-0.1, -0.05) is 13.3 Å². The Kier molecular flexibility index (Phi) is 3.20. The summed E-state index contributed by atoms with van der Waals surface area (Å²) in [5.74, 6) is 0. The molecule has 0 amide bonds. The van der Waals surface area contributed by atoms with E-state index in [2.05, 4.69) is 35.0 Å². The van der Waals surface area contributed by atoms with Crippen molar-refractivity contribution in [2.45, 2.75) is 32.7 Å². The van der Waals surface area contributed by atoms with Gasteiger partial charge in [0.2, 0.25) is 0 Å². The molecule has 0 aliphatic heterocycles. The van der Waals surface area contributed by atoms with Crippen molar-refractivity contribution in [3.05, 3.63) is 0 Å². The second kappa shape index (κ2) is 3.21. The molecule has 9 heavy (non-hydrogen) atoms. The quantitative estimate of drug-likeness (QED) is 0.512. The fourth-order valence-electron chi connectivity index (χ4n) is 0.805. The molecular weight excluding hydrogens is 110 g/mol. The van der Waals surface area contributed by atoms with Crippen LogP contribution < -0.4 is 0 Å². The molecule has 0 heterocycles. The molecule has 1 nitrogen and oxygen atoms in total. The normalized spacial score (nSPS) is 15.7. The lowest BCUT2D eigenvalue weighted by molar-refractivity contribution is -0.894. The van der Waals surface area contributed by atoms with Crippen LogP contribution in [0.3, 0.4) is 0 Å². The minimum Gasteiger partial charge on any atom is -0.329 e. The van der Waals surface area contributed by atoms with E-state index < -0.39 is 0 Å². The standard InChI is InChI=1S/C8H20N/c1-6-7-8(2)9(3,4)5/h8H,6-7H2,1-5H3/q+1. The Morgan fingerprint density at radius 2 is 1.67 bits per heavy atom. The van der Waals surface area contributed by atoms with Gasteiger partial charge < -0.3 is 4.48 Å². The summed E-state index contributed by atoms with van der Waals surface area (Å²) in [5.41, 5.74) is 0. The van der Waals surface area contributed by atoms with Gasteiger partial charge in [-0.2, -0.15) is 0 Å². The Labute approximate surface area is 59.3 Å². The molecule has 0 saturated carbocycles. The van der Waals surface area contributed by atoms with Crippen LogP contribution >= 0.6 is 0 Å². The predicted molar refractivity (Wildman–Crippen MR) is 42.4 cm³/mol. The minimum absolute atomic E-state index is 0.801. The molecule has 0 aromatic carbocycles. The first-order valence-corrected chi connectivity index (χ1v) is 3.79. The van der Waals surface area contributed by atoms with Crippen molar-refractivity contribution in [3.63, 3.8) is 0 Å². The molecule has 1 unspecified atom stereocenters. The molecule has 0 bridgehead atoms. The minimum atomic E-state index is 0.801. The number of hydrogen-bond donors (Lipinski definition) is 0. The average Bonchev–Trinajstić information content (AvgIpc) is 1.64.